The maximum Gasteiger partial charge on any atom is 0.701 e. The third-order valence-electron chi connectivity index (χ3n) is 7.27. The van der Waals surface area contributed by atoms with Crippen molar-refractivity contribution in [2.75, 3.05) is 7.11 Å². The summed E-state index contributed by atoms with van der Waals surface area (Å²) in [5.41, 5.74) is 0.776. The Morgan fingerprint density at radius 3 is 2.22 bits per heavy atom. The summed E-state index contributed by atoms with van der Waals surface area (Å²) in [4.78, 5) is 21.2. The van der Waals surface area contributed by atoms with Gasteiger partial charge in [0.15, 0.2) is 0 Å². The van der Waals surface area contributed by atoms with Gasteiger partial charge in [0.1, 0.15) is 10.6 Å². The van der Waals surface area contributed by atoms with Crippen LogP contribution in [0.5, 0.6) is 5.75 Å². The van der Waals surface area contributed by atoms with Gasteiger partial charge in [0, 0.05) is 17.7 Å². The average molecular weight is 762 g/mol. The van der Waals surface area contributed by atoms with Gasteiger partial charge in [-0.15, -0.1) is 4.89 Å². The van der Waals surface area contributed by atoms with Gasteiger partial charge in [-0.1, -0.05) is 66.2 Å². The molecule has 0 aliphatic rings. The number of halogens is 3. The molecule has 0 bridgehead atoms. The summed E-state index contributed by atoms with van der Waals surface area (Å²) in [5.74, 6) is -0.963. The summed E-state index contributed by atoms with van der Waals surface area (Å²) in [6.45, 7) is 1.22. The first kappa shape index (κ1) is 39.5. The summed E-state index contributed by atoms with van der Waals surface area (Å²) >= 11 is 6.28. The van der Waals surface area contributed by atoms with E-state index in [1.165, 1.54) is 52.1 Å². The highest BCUT2D eigenvalue weighted by Gasteiger charge is 2.44. The molecule has 0 radical (unpaired) electrons. The van der Waals surface area contributed by atoms with Crippen LogP contribution < -0.4 is 4.74 Å². The lowest BCUT2D eigenvalue weighted by atomic mass is 9.98. The number of alkyl halides is 2. The normalized spacial score (nSPS) is 13.0. The molecule has 0 saturated heterocycles. The minimum Gasteiger partial charge on any atom is -0.495 e. The highest BCUT2D eigenvalue weighted by atomic mass is 35.5. The van der Waals surface area contributed by atoms with Crippen molar-refractivity contribution in [3.8, 4) is 22.9 Å². The predicted molar refractivity (Wildman–Crippen MR) is 183 cm³/mol. The molecule has 4 aromatic rings. The number of methoxy groups -OCH3 is 1. The Bertz CT molecular complexity index is 2050. The third kappa shape index (κ3) is 10.1. The van der Waals surface area contributed by atoms with Crippen molar-refractivity contribution in [1.29, 1.82) is 5.26 Å². The van der Waals surface area contributed by atoms with Crippen LogP contribution in [0.25, 0.3) is 11.1 Å². The van der Waals surface area contributed by atoms with Crippen LogP contribution in [0.4, 0.5) is 8.78 Å². The van der Waals surface area contributed by atoms with Crippen molar-refractivity contribution >= 4 is 35.8 Å². The number of rotatable bonds is 14. The molecular formula is C35H33ClF2N2O9PS+. The zero-order valence-corrected chi connectivity index (χ0v) is 30.2. The van der Waals surface area contributed by atoms with E-state index in [2.05, 4.69) is 15.3 Å². The van der Waals surface area contributed by atoms with E-state index in [1.54, 1.807) is 48.5 Å². The Kier molecular flexibility index (Phi) is 12.7. The quantitative estimate of drug-likeness (QED) is 0.0763. The van der Waals surface area contributed by atoms with Crippen molar-refractivity contribution in [2.45, 2.75) is 51.3 Å². The highest BCUT2D eigenvalue weighted by molar-refractivity contribution is 7.89. The first-order valence-corrected chi connectivity index (χ1v) is 18.0. The molecule has 0 spiro atoms. The Balaban J connectivity index is 1.65. The van der Waals surface area contributed by atoms with Crippen molar-refractivity contribution in [3.05, 3.63) is 118 Å². The van der Waals surface area contributed by atoms with E-state index in [-0.39, 0.29) is 29.3 Å². The van der Waals surface area contributed by atoms with Gasteiger partial charge in [-0.2, -0.15) is 18.3 Å². The van der Waals surface area contributed by atoms with Crippen LogP contribution in [0, 0.1) is 16.7 Å². The molecule has 0 amide bonds. The molecule has 2 atom stereocenters. The number of nitrogens with zero attached hydrogens (tertiary/aromatic N) is 2. The second kappa shape index (κ2) is 16.4. The fourth-order valence-corrected chi connectivity index (χ4v) is 6.78. The first-order valence-electron chi connectivity index (χ1n) is 15.1. The second-order valence-corrected chi connectivity index (χ2v) is 15.0. The third-order valence-corrected chi connectivity index (χ3v) is 9.76. The standard InChI is InChI=1S/C35H32ClF2N2O9PS/c1-34(2,3)32(41)47-33(49-50(42)43)48-35(37,38)28-17-14-25(19-29(28)36)22-40(51(44,45)31-11-6-5-10-30(31)46-4)21-23-12-15-26(16-13-23)27-9-7-8-24(18-27)20-39/h5-19,33H,21-22H2,1-4H3/p+1. The number of benzene rings is 4. The van der Waals surface area contributed by atoms with Crippen molar-refractivity contribution < 1.29 is 50.2 Å². The second-order valence-electron chi connectivity index (χ2n) is 12.0. The molecule has 0 aromatic heterocycles. The molecule has 0 saturated carbocycles. The summed E-state index contributed by atoms with van der Waals surface area (Å²) < 4.78 is 90.2. The lowest BCUT2D eigenvalue weighted by Gasteiger charge is -2.25. The highest BCUT2D eigenvalue weighted by Crippen LogP contribution is 2.39. The molecule has 0 aliphatic carbocycles. The molecule has 0 aliphatic heterocycles. The van der Waals surface area contributed by atoms with E-state index < -0.39 is 52.8 Å². The number of hydrogen-bond donors (Lipinski definition) is 1. The SMILES string of the molecule is COc1ccccc1S(=O)(=O)N(Cc1ccc(-c2cccc(C#N)c2)cc1)Cc1ccc(C(F)(F)OC(OC(=O)C(C)(C)C)O[P+](=O)O)c(Cl)c1. The number of hydrogen-bond acceptors (Lipinski definition) is 9. The topological polar surface area (TPSA) is 152 Å². The number of nitriles is 1. The lowest BCUT2D eigenvalue weighted by molar-refractivity contribution is -0.365. The van der Waals surface area contributed by atoms with Crippen LogP contribution in [-0.2, 0) is 52.6 Å². The number of ether oxygens (including phenoxy) is 3. The van der Waals surface area contributed by atoms with Gasteiger partial charge < -0.3 is 9.47 Å². The summed E-state index contributed by atoms with van der Waals surface area (Å²) in [6, 6.07) is 25.4. The molecule has 16 heteroatoms. The Hall–Kier alpha value is -4.32. The number of para-hydroxylation sites is 1. The first-order chi connectivity index (χ1) is 23.9. The van der Waals surface area contributed by atoms with Crippen molar-refractivity contribution in [3.63, 3.8) is 0 Å². The Morgan fingerprint density at radius 2 is 1.61 bits per heavy atom. The summed E-state index contributed by atoms with van der Waals surface area (Å²) in [7, 11) is -6.47. The van der Waals surface area contributed by atoms with Gasteiger partial charge in [0.05, 0.1) is 34.7 Å². The summed E-state index contributed by atoms with van der Waals surface area (Å²) in [6.07, 6.45) is -4.30. The molecular weight excluding hydrogens is 729 g/mol. The molecule has 4 aromatic carbocycles. The summed E-state index contributed by atoms with van der Waals surface area (Å²) in [5, 5.41) is 8.71. The molecule has 11 nitrogen and oxygen atoms in total. The van der Waals surface area contributed by atoms with E-state index in [0.717, 1.165) is 27.6 Å². The van der Waals surface area contributed by atoms with Crippen molar-refractivity contribution in [1.82, 2.24) is 4.31 Å². The van der Waals surface area contributed by atoms with Crippen LogP contribution >= 0.6 is 19.9 Å². The fourth-order valence-electron chi connectivity index (χ4n) is 4.66. The van der Waals surface area contributed by atoms with Gasteiger partial charge in [-0.05, 0) is 83.9 Å². The predicted octanol–water partition coefficient (Wildman–Crippen LogP) is 7.88. The average Bonchev–Trinajstić information content (AvgIpc) is 3.07. The zero-order valence-electron chi connectivity index (χ0n) is 27.7. The van der Waals surface area contributed by atoms with E-state index in [9.17, 15) is 23.0 Å². The van der Waals surface area contributed by atoms with E-state index >= 15 is 8.78 Å². The molecule has 51 heavy (non-hydrogen) atoms. The monoisotopic (exact) mass is 761 g/mol. The van der Waals surface area contributed by atoms with Crippen LogP contribution in [-0.4, -0.2) is 37.2 Å². The van der Waals surface area contributed by atoms with E-state index in [1.807, 2.05) is 6.07 Å². The maximum atomic E-state index is 15.3. The van der Waals surface area contributed by atoms with Gasteiger partial charge in [0.2, 0.25) is 10.0 Å². The molecule has 1 N–H and O–H groups in total. The lowest BCUT2D eigenvalue weighted by Crippen LogP contribution is -2.35. The number of esters is 1. The number of sulfonamides is 1. The Morgan fingerprint density at radius 1 is 0.961 bits per heavy atom. The number of carbonyl (C=O) groups is 1. The van der Waals surface area contributed by atoms with Gasteiger partial charge in [-0.3, -0.25) is 4.79 Å². The van der Waals surface area contributed by atoms with Crippen LogP contribution in [0.2, 0.25) is 5.02 Å². The molecule has 2 unspecified atom stereocenters. The maximum absolute atomic E-state index is 15.3. The smallest absolute Gasteiger partial charge is 0.495 e. The Labute approximate surface area is 299 Å². The van der Waals surface area contributed by atoms with Crippen LogP contribution in [0.15, 0.2) is 95.9 Å². The van der Waals surface area contributed by atoms with Crippen molar-refractivity contribution in [2.24, 2.45) is 5.41 Å². The zero-order chi connectivity index (χ0) is 37.6. The minimum atomic E-state index is -4.30. The van der Waals surface area contributed by atoms with Crippen LogP contribution in [0.3, 0.4) is 0 Å². The molecule has 0 fully saturated rings. The van der Waals surface area contributed by atoms with Crippen LogP contribution in [0.1, 0.15) is 43.0 Å². The molecule has 4 rings (SSSR count). The van der Waals surface area contributed by atoms with Gasteiger partial charge in [0.25, 0.3) is 0 Å². The number of carbonyl (C=O) groups excluding carboxylic acids is 1. The minimum absolute atomic E-state index is 0.0916. The fraction of sp³-hybridized carbons (Fsp3) is 0.257. The molecule has 0 heterocycles. The van der Waals surface area contributed by atoms with E-state index in [0.29, 0.717) is 11.1 Å². The molecule has 268 valence electrons. The van der Waals surface area contributed by atoms with E-state index in [4.69, 9.17) is 26.0 Å². The van der Waals surface area contributed by atoms with Gasteiger partial charge in [-0.25, -0.2) is 13.2 Å². The van der Waals surface area contributed by atoms with Gasteiger partial charge >= 0.3 is 26.8 Å². The largest absolute Gasteiger partial charge is 0.701 e.